The van der Waals surface area contributed by atoms with Gasteiger partial charge in [0, 0.05) is 13.1 Å². The fourth-order valence-corrected chi connectivity index (χ4v) is 2.00. The molecule has 3 N–H and O–H groups in total. The van der Waals surface area contributed by atoms with E-state index in [0.29, 0.717) is 22.8 Å². The van der Waals surface area contributed by atoms with Crippen molar-refractivity contribution in [1.82, 2.24) is 15.0 Å². The zero-order chi connectivity index (χ0) is 14.1. The van der Waals surface area contributed by atoms with Gasteiger partial charge in [0.05, 0.1) is 18.2 Å². The highest BCUT2D eigenvalue weighted by Crippen LogP contribution is 2.31. The third-order valence-corrected chi connectivity index (χ3v) is 3.06. The van der Waals surface area contributed by atoms with Crippen LogP contribution in [0.2, 0.25) is 0 Å². The van der Waals surface area contributed by atoms with Crippen LogP contribution in [-0.4, -0.2) is 34.2 Å². The van der Waals surface area contributed by atoms with Gasteiger partial charge in [0.2, 0.25) is 0 Å². The van der Waals surface area contributed by atoms with E-state index in [-0.39, 0.29) is 5.75 Å². The molecule has 0 fully saturated rings. The highest BCUT2D eigenvalue weighted by atomic mass is 16.5. The van der Waals surface area contributed by atoms with E-state index in [9.17, 15) is 5.11 Å². The molecule has 0 spiro atoms. The Morgan fingerprint density at radius 3 is 2.75 bits per heavy atom. The van der Waals surface area contributed by atoms with Crippen LogP contribution < -0.4 is 10.1 Å². The lowest BCUT2D eigenvalue weighted by atomic mass is 10.2. The summed E-state index contributed by atoms with van der Waals surface area (Å²) in [6.07, 6.45) is 0. The molecule has 0 aliphatic heterocycles. The Kier molecular flexibility index (Phi) is 2.90. The number of hydrogen-bond acceptors (Lipinski definition) is 5. The second kappa shape index (κ2) is 4.73. The number of aromatic hydroxyl groups is 1. The number of rotatable bonds is 3. The molecule has 0 radical (unpaired) electrons. The minimum Gasteiger partial charge on any atom is -0.507 e. The summed E-state index contributed by atoms with van der Waals surface area (Å²) in [6.45, 7) is 0. The normalized spacial score (nSPS) is 10.7. The van der Waals surface area contributed by atoms with Gasteiger partial charge in [-0.05, 0) is 24.3 Å². The molecule has 6 heteroatoms. The Bertz CT molecular complexity index is 767. The van der Waals surface area contributed by atoms with Crippen LogP contribution in [0.5, 0.6) is 11.5 Å². The van der Waals surface area contributed by atoms with E-state index in [1.165, 1.54) is 0 Å². The molecule has 2 heterocycles. The van der Waals surface area contributed by atoms with Crippen molar-refractivity contribution < 1.29 is 9.84 Å². The summed E-state index contributed by atoms with van der Waals surface area (Å²) in [4.78, 5) is 11.9. The van der Waals surface area contributed by atoms with Gasteiger partial charge in [-0.25, -0.2) is 9.97 Å². The summed E-state index contributed by atoms with van der Waals surface area (Å²) in [6, 6.07) is 8.83. The van der Waals surface area contributed by atoms with E-state index in [2.05, 4.69) is 20.3 Å². The average Bonchev–Trinajstić information content (AvgIpc) is 2.89. The first kappa shape index (κ1) is 12.3. The largest absolute Gasteiger partial charge is 0.507 e. The minimum atomic E-state index is 0.109. The van der Waals surface area contributed by atoms with Crippen molar-refractivity contribution in [1.29, 1.82) is 0 Å². The van der Waals surface area contributed by atoms with Gasteiger partial charge < -0.3 is 20.1 Å². The lowest BCUT2D eigenvalue weighted by Crippen LogP contribution is -1.91. The molecule has 6 nitrogen and oxygen atoms in total. The number of nitrogens with one attached hydrogen (secondary N) is 2. The quantitative estimate of drug-likeness (QED) is 0.680. The number of methoxy groups -OCH3 is 1. The molecular formula is C14H14N4O2. The first-order valence-corrected chi connectivity index (χ1v) is 6.13. The molecule has 0 aliphatic carbocycles. The van der Waals surface area contributed by atoms with Gasteiger partial charge in [0.1, 0.15) is 23.1 Å². The molecule has 2 aromatic heterocycles. The number of pyridine rings is 1. The lowest BCUT2D eigenvalue weighted by Gasteiger charge is -2.03. The summed E-state index contributed by atoms with van der Waals surface area (Å²) in [5, 5.41) is 13.0. The Balaban J connectivity index is 2.10. The number of aromatic amines is 1. The van der Waals surface area contributed by atoms with Crippen molar-refractivity contribution in [2.24, 2.45) is 0 Å². The second-order valence-electron chi connectivity index (χ2n) is 4.29. The average molecular weight is 270 g/mol. The molecule has 3 aromatic rings. The summed E-state index contributed by atoms with van der Waals surface area (Å²) < 4.78 is 5.06. The smallest absolute Gasteiger partial charge is 0.180 e. The van der Waals surface area contributed by atoms with Crippen LogP contribution in [0, 0.1) is 0 Å². The number of H-pyrrole nitrogens is 1. The van der Waals surface area contributed by atoms with Crippen LogP contribution in [0.4, 0.5) is 5.82 Å². The number of phenols is 1. The van der Waals surface area contributed by atoms with Crippen molar-refractivity contribution in [2.75, 3.05) is 19.5 Å². The van der Waals surface area contributed by atoms with Crippen LogP contribution in [0.1, 0.15) is 0 Å². The van der Waals surface area contributed by atoms with Gasteiger partial charge in [-0.2, -0.15) is 0 Å². The first-order chi connectivity index (χ1) is 9.71. The summed E-state index contributed by atoms with van der Waals surface area (Å²) in [5.74, 6) is 2.02. The van der Waals surface area contributed by atoms with Crippen LogP contribution in [0.25, 0.3) is 22.6 Å². The van der Waals surface area contributed by atoms with Crippen molar-refractivity contribution >= 4 is 17.0 Å². The lowest BCUT2D eigenvalue weighted by molar-refractivity contribution is 0.408. The maximum Gasteiger partial charge on any atom is 0.180 e. The highest BCUT2D eigenvalue weighted by molar-refractivity contribution is 5.79. The van der Waals surface area contributed by atoms with E-state index < -0.39 is 0 Å². The highest BCUT2D eigenvalue weighted by Gasteiger charge is 2.11. The number of aromatic nitrogens is 3. The third-order valence-electron chi connectivity index (χ3n) is 3.06. The number of hydrogen-bond donors (Lipinski definition) is 3. The number of imidazole rings is 1. The van der Waals surface area contributed by atoms with Gasteiger partial charge in [-0.3, -0.25) is 0 Å². The van der Waals surface area contributed by atoms with Crippen molar-refractivity contribution in [3.8, 4) is 22.9 Å². The Morgan fingerprint density at radius 1 is 1.20 bits per heavy atom. The first-order valence-electron chi connectivity index (χ1n) is 6.13. The second-order valence-corrected chi connectivity index (χ2v) is 4.29. The van der Waals surface area contributed by atoms with Gasteiger partial charge in [-0.1, -0.05) is 0 Å². The number of phenolic OH excluding ortho intramolecular Hbond substituents is 1. The number of ether oxygens (including phenoxy) is 1. The van der Waals surface area contributed by atoms with Gasteiger partial charge >= 0.3 is 0 Å². The zero-order valence-electron chi connectivity index (χ0n) is 11.1. The predicted octanol–water partition coefficient (Wildman–Crippen LogP) is 2.38. The van der Waals surface area contributed by atoms with E-state index in [1.54, 1.807) is 32.4 Å². The van der Waals surface area contributed by atoms with Crippen LogP contribution >= 0.6 is 0 Å². The van der Waals surface area contributed by atoms with Gasteiger partial charge in [-0.15, -0.1) is 0 Å². The molecule has 0 unspecified atom stereocenters. The number of fused-ring (bicyclic) bond motifs is 1. The zero-order valence-corrected chi connectivity index (χ0v) is 11.1. The number of nitrogens with zero attached hydrogens (tertiary/aromatic N) is 2. The fraction of sp³-hybridized carbons (Fsp3) is 0.143. The molecule has 3 rings (SSSR count). The molecule has 0 saturated carbocycles. The monoisotopic (exact) mass is 270 g/mol. The van der Waals surface area contributed by atoms with Crippen LogP contribution in [-0.2, 0) is 0 Å². The molecule has 0 atom stereocenters. The Morgan fingerprint density at radius 2 is 2.05 bits per heavy atom. The Labute approximate surface area is 115 Å². The standard InChI is InChI=1S/C14H14N4O2/c1-15-12-6-5-10-14(17-12)18-13(16-10)9-4-3-8(20-2)7-11(9)19/h3-7,19H,1-2H3,(H2,15,16,17,18). The van der Waals surface area contributed by atoms with Gasteiger partial charge in [0.15, 0.2) is 5.65 Å². The molecule has 20 heavy (non-hydrogen) atoms. The Hall–Kier alpha value is -2.76. The maximum atomic E-state index is 10.0. The third kappa shape index (κ3) is 2.01. The van der Waals surface area contributed by atoms with E-state index >= 15 is 0 Å². The van der Waals surface area contributed by atoms with Crippen LogP contribution in [0.15, 0.2) is 30.3 Å². The molecule has 1 aromatic carbocycles. The number of benzene rings is 1. The molecule has 0 bridgehead atoms. The topological polar surface area (TPSA) is 83.1 Å². The molecule has 102 valence electrons. The molecule has 0 saturated heterocycles. The SMILES string of the molecule is CNc1ccc2[nH]c(-c3ccc(OC)cc3O)nc2n1. The molecule has 0 aliphatic rings. The number of anilines is 1. The van der Waals surface area contributed by atoms with Crippen molar-refractivity contribution in [3.05, 3.63) is 30.3 Å². The van der Waals surface area contributed by atoms with Crippen LogP contribution in [0.3, 0.4) is 0 Å². The van der Waals surface area contributed by atoms with Crippen molar-refractivity contribution in [3.63, 3.8) is 0 Å². The summed E-state index contributed by atoms with van der Waals surface area (Å²) in [7, 11) is 3.36. The molecule has 0 amide bonds. The summed E-state index contributed by atoms with van der Waals surface area (Å²) >= 11 is 0. The predicted molar refractivity (Wildman–Crippen MR) is 77.1 cm³/mol. The van der Waals surface area contributed by atoms with E-state index in [4.69, 9.17) is 4.74 Å². The summed E-state index contributed by atoms with van der Waals surface area (Å²) in [5.41, 5.74) is 2.02. The van der Waals surface area contributed by atoms with Gasteiger partial charge in [0.25, 0.3) is 0 Å². The van der Waals surface area contributed by atoms with E-state index in [1.807, 2.05) is 12.1 Å². The molecular weight excluding hydrogens is 256 g/mol. The maximum absolute atomic E-state index is 10.0. The van der Waals surface area contributed by atoms with E-state index in [0.717, 1.165) is 11.3 Å². The minimum absolute atomic E-state index is 0.109. The fourth-order valence-electron chi connectivity index (χ4n) is 2.00. The van der Waals surface area contributed by atoms with Crippen molar-refractivity contribution in [2.45, 2.75) is 0 Å².